The molecule has 3 heterocycles. The van der Waals surface area contributed by atoms with Gasteiger partial charge in [0, 0.05) is 30.7 Å². The van der Waals surface area contributed by atoms with Gasteiger partial charge in [0.15, 0.2) is 5.13 Å². The minimum Gasteiger partial charge on any atom is -0.342 e. The predicted molar refractivity (Wildman–Crippen MR) is 95.9 cm³/mol. The molecule has 0 unspecified atom stereocenters. The summed E-state index contributed by atoms with van der Waals surface area (Å²) in [6.07, 6.45) is 6.09. The number of amides is 2. The molecule has 1 aliphatic heterocycles. The molecule has 132 valence electrons. The summed E-state index contributed by atoms with van der Waals surface area (Å²) in [6.45, 7) is 1.64. The largest absolute Gasteiger partial charge is 0.342 e. The molecule has 0 radical (unpaired) electrons. The summed E-state index contributed by atoms with van der Waals surface area (Å²) in [5.41, 5.74) is 0.744. The normalized spacial score (nSPS) is 14.8. The number of H-pyrrole nitrogens is 1. The number of pyridine rings is 1. The van der Waals surface area contributed by atoms with Crippen molar-refractivity contribution in [3.8, 4) is 0 Å². The lowest BCUT2D eigenvalue weighted by Gasteiger charge is -2.19. The number of nitrogens with zero attached hydrogens (tertiary/aromatic N) is 2. The van der Waals surface area contributed by atoms with Crippen LogP contribution in [-0.4, -0.2) is 39.8 Å². The second-order valence-corrected chi connectivity index (χ2v) is 6.87. The molecule has 25 heavy (non-hydrogen) atoms. The van der Waals surface area contributed by atoms with Crippen molar-refractivity contribution in [2.24, 2.45) is 0 Å². The van der Waals surface area contributed by atoms with Crippen molar-refractivity contribution in [2.45, 2.75) is 32.1 Å². The smallest absolute Gasteiger partial charge is 0.258 e. The first-order chi connectivity index (χ1) is 12.1. The Bertz CT molecular complexity index is 786. The maximum atomic E-state index is 12.4. The number of nitrogens with one attached hydrogen (secondary N) is 2. The number of carbonyl (C=O) groups excluding carboxylic acids is 2. The van der Waals surface area contributed by atoms with E-state index in [0.29, 0.717) is 16.4 Å². The Morgan fingerprint density at radius 2 is 1.96 bits per heavy atom. The number of thiazole rings is 1. The number of rotatable bonds is 4. The van der Waals surface area contributed by atoms with E-state index >= 15 is 0 Å². The Kier molecular flexibility index (Phi) is 5.60. The zero-order valence-electron chi connectivity index (χ0n) is 13.8. The van der Waals surface area contributed by atoms with Crippen LogP contribution in [0.25, 0.3) is 0 Å². The van der Waals surface area contributed by atoms with E-state index in [1.807, 2.05) is 4.90 Å². The van der Waals surface area contributed by atoms with Crippen molar-refractivity contribution in [2.75, 3.05) is 18.4 Å². The van der Waals surface area contributed by atoms with E-state index in [9.17, 15) is 14.4 Å². The minimum atomic E-state index is -0.351. The zero-order chi connectivity index (χ0) is 17.6. The predicted octanol–water partition coefficient (Wildman–Crippen LogP) is 2.03. The van der Waals surface area contributed by atoms with Gasteiger partial charge in [0.1, 0.15) is 0 Å². The van der Waals surface area contributed by atoms with Crippen LogP contribution in [0.1, 0.15) is 41.7 Å². The van der Waals surface area contributed by atoms with Gasteiger partial charge in [0.05, 0.1) is 17.7 Å². The summed E-state index contributed by atoms with van der Waals surface area (Å²) in [4.78, 5) is 44.2. The highest BCUT2D eigenvalue weighted by molar-refractivity contribution is 7.14. The highest BCUT2D eigenvalue weighted by atomic mass is 32.1. The Balaban J connectivity index is 1.58. The fourth-order valence-corrected chi connectivity index (χ4v) is 3.46. The quantitative estimate of drug-likeness (QED) is 0.872. The molecule has 0 aliphatic carbocycles. The summed E-state index contributed by atoms with van der Waals surface area (Å²) in [7, 11) is 0. The average molecular weight is 360 g/mol. The van der Waals surface area contributed by atoms with Gasteiger partial charge in [-0.1, -0.05) is 12.8 Å². The summed E-state index contributed by atoms with van der Waals surface area (Å²) in [6, 6.07) is 2.74. The molecule has 1 fully saturated rings. The molecule has 1 aliphatic rings. The Morgan fingerprint density at radius 1 is 1.20 bits per heavy atom. The van der Waals surface area contributed by atoms with Crippen molar-refractivity contribution in [1.82, 2.24) is 14.9 Å². The lowest BCUT2D eigenvalue weighted by atomic mass is 10.2. The lowest BCUT2D eigenvalue weighted by Crippen LogP contribution is -2.33. The molecular formula is C17H20N4O3S. The first-order valence-electron chi connectivity index (χ1n) is 8.34. The van der Waals surface area contributed by atoms with Gasteiger partial charge in [-0.15, -0.1) is 11.3 Å². The Morgan fingerprint density at radius 3 is 2.64 bits per heavy atom. The van der Waals surface area contributed by atoms with Crippen LogP contribution >= 0.6 is 11.3 Å². The molecule has 7 nitrogen and oxygen atoms in total. The number of anilines is 1. The van der Waals surface area contributed by atoms with Crippen molar-refractivity contribution < 1.29 is 9.59 Å². The number of hydrogen-bond acceptors (Lipinski definition) is 5. The molecular weight excluding hydrogens is 340 g/mol. The topological polar surface area (TPSA) is 95.2 Å². The fraction of sp³-hybridized carbons (Fsp3) is 0.412. The van der Waals surface area contributed by atoms with Crippen LogP contribution in [-0.2, 0) is 11.2 Å². The third kappa shape index (κ3) is 4.76. The first-order valence-corrected chi connectivity index (χ1v) is 9.22. The molecule has 0 saturated carbocycles. The third-order valence-electron chi connectivity index (χ3n) is 4.11. The molecule has 2 aromatic rings. The SMILES string of the molecule is O=C(Nc1nc(CC(=O)N2CCCCCC2)cs1)c1ccc(=O)[nH]c1. The van der Waals surface area contributed by atoms with Crippen LogP contribution in [0.2, 0.25) is 0 Å². The number of hydrogen-bond donors (Lipinski definition) is 2. The van der Waals surface area contributed by atoms with E-state index in [1.54, 1.807) is 5.38 Å². The summed E-state index contributed by atoms with van der Waals surface area (Å²) in [5, 5.41) is 4.91. The molecule has 0 spiro atoms. The van der Waals surface area contributed by atoms with E-state index in [1.165, 1.54) is 42.5 Å². The van der Waals surface area contributed by atoms with Crippen LogP contribution in [0.15, 0.2) is 28.5 Å². The molecule has 0 atom stereocenters. The first kappa shape index (κ1) is 17.3. The van der Waals surface area contributed by atoms with Crippen molar-refractivity contribution in [3.63, 3.8) is 0 Å². The highest BCUT2D eigenvalue weighted by Gasteiger charge is 2.17. The number of carbonyl (C=O) groups is 2. The molecule has 0 bridgehead atoms. The molecule has 3 rings (SSSR count). The second-order valence-electron chi connectivity index (χ2n) is 6.01. The third-order valence-corrected chi connectivity index (χ3v) is 4.92. The molecule has 8 heteroatoms. The number of likely N-dealkylation sites (tertiary alicyclic amines) is 1. The van der Waals surface area contributed by atoms with Gasteiger partial charge in [-0.3, -0.25) is 19.7 Å². The minimum absolute atomic E-state index is 0.0886. The van der Waals surface area contributed by atoms with Crippen LogP contribution in [0, 0.1) is 0 Å². The van der Waals surface area contributed by atoms with Crippen LogP contribution in [0.3, 0.4) is 0 Å². The molecule has 2 N–H and O–H groups in total. The van der Waals surface area contributed by atoms with E-state index in [2.05, 4.69) is 15.3 Å². The van der Waals surface area contributed by atoms with Gasteiger partial charge in [-0.25, -0.2) is 4.98 Å². The van der Waals surface area contributed by atoms with Gasteiger partial charge < -0.3 is 9.88 Å². The maximum Gasteiger partial charge on any atom is 0.258 e. The van der Waals surface area contributed by atoms with Gasteiger partial charge in [0.25, 0.3) is 5.91 Å². The van der Waals surface area contributed by atoms with Gasteiger partial charge in [-0.2, -0.15) is 0 Å². The molecule has 1 saturated heterocycles. The molecule has 0 aromatic carbocycles. The van der Waals surface area contributed by atoms with Crippen molar-refractivity contribution in [1.29, 1.82) is 0 Å². The fourth-order valence-electron chi connectivity index (χ4n) is 2.75. The van der Waals surface area contributed by atoms with Crippen LogP contribution < -0.4 is 10.9 Å². The van der Waals surface area contributed by atoms with Crippen molar-refractivity contribution in [3.05, 3.63) is 45.3 Å². The van der Waals surface area contributed by atoms with Crippen LogP contribution in [0.4, 0.5) is 5.13 Å². The standard InChI is InChI=1S/C17H20N4O3S/c22-14-6-5-12(10-18-14)16(24)20-17-19-13(11-25-17)9-15(23)21-7-3-1-2-4-8-21/h5-6,10-11H,1-4,7-9H2,(H,18,22)(H,19,20,24). The van der Waals surface area contributed by atoms with E-state index in [-0.39, 0.29) is 23.8 Å². The van der Waals surface area contributed by atoms with Gasteiger partial charge >= 0.3 is 0 Å². The number of aromatic nitrogens is 2. The van der Waals surface area contributed by atoms with Crippen LogP contribution in [0.5, 0.6) is 0 Å². The van der Waals surface area contributed by atoms with Gasteiger partial charge in [-0.05, 0) is 18.9 Å². The summed E-state index contributed by atoms with van der Waals surface area (Å²) in [5.74, 6) is -0.262. The molecule has 2 aromatic heterocycles. The van der Waals surface area contributed by atoms with E-state index in [4.69, 9.17) is 0 Å². The Hall–Kier alpha value is -2.48. The van der Waals surface area contributed by atoms with E-state index < -0.39 is 0 Å². The van der Waals surface area contributed by atoms with Gasteiger partial charge in [0.2, 0.25) is 11.5 Å². The Labute approximate surface area is 149 Å². The monoisotopic (exact) mass is 360 g/mol. The second kappa shape index (κ2) is 8.06. The van der Waals surface area contributed by atoms with Crippen molar-refractivity contribution >= 4 is 28.3 Å². The molecule has 2 amide bonds. The average Bonchev–Trinajstić information content (AvgIpc) is 2.86. The highest BCUT2D eigenvalue weighted by Crippen LogP contribution is 2.18. The maximum absolute atomic E-state index is 12.4. The zero-order valence-corrected chi connectivity index (χ0v) is 14.6. The van der Waals surface area contributed by atoms with E-state index in [0.717, 1.165) is 25.9 Å². The summed E-state index contributed by atoms with van der Waals surface area (Å²) < 4.78 is 0. The summed E-state index contributed by atoms with van der Waals surface area (Å²) >= 11 is 1.28. The number of aromatic amines is 1. The lowest BCUT2D eigenvalue weighted by molar-refractivity contribution is -0.130.